The number of methoxy groups -OCH3 is 1. The Labute approximate surface area is 115 Å². The molecule has 0 aliphatic rings. The molecule has 0 aliphatic heterocycles. The van der Waals surface area contributed by atoms with Gasteiger partial charge in [0.15, 0.2) is 0 Å². The highest BCUT2D eigenvalue weighted by atomic mass is 16.5. The molecule has 0 saturated heterocycles. The summed E-state index contributed by atoms with van der Waals surface area (Å²) in [7, 11) is 1.69. The summed E-state index contributed by atoms with van der Waals surface area (Å²) in [6.45, 7) is 2.21. The van der Waals surface area contributed by atoms with Crippen LogP contribution >= 0.6 is 0 Å². The molecule has 0 fully saturated rings. The first kappa shape index (κ1) is 13.5. The highest BCUT2D eigenvalue weighted by molar-refractivity contribution is 5.49. The lowest BCUT2D eigenvalue weighted by molar-refractivity contribution is 0.415. The van der Waals surface area contributed by atoms with Crippen LogP contribution in [0.15, 0.2) is 54.6 Å². The lowest BCUT2D eigenvalue weighted by atomic mass is 10.0. The average molecular weight is 255 g/mol. The second-order valence-electron chi connectivity index (χ2n) is 4.67. The minimum atomic E-state index is 0.439. The van der Waals surface area contributed by atoms with E-state index in [0.717, 1.165) is 24.3 Å². The molecule has 0 heterocycles. The van der Waals surface area contributed by atoms with E-state index < -0.39 is 0 Å². The van der Waals surface area contributed by atoms with Gasteiger partial charge in [-0.2, -0.15) is 0 Å². The predicted molar refractivity (Wildman–Crippen MR) is 80.8 cm³/mol. The van der Waals surface area contributed by atoms with Crippen molar-refractivity contribution in [1.82, 2.24) is 0 Å². The molecule has 0 saturated carbocycles. The summed E-state index contributed by atoms with van der Waals surface area (Å²) in [6, 6.07) is 19.1. The van der Waals surface area contributed by atoms with E-state index >= 15 is 0 Å². The highest BCUT2D eigenvalue weighted by Crippen LogP contribution is 2.19. The molecule has 2 aromatic rings. The third-order valence-corrected chi connectivity index (χ3v) is 3.26. The molecule has 2 aromatic carbocycles. The lowest BCUT2D eigenvalue weighted by Crippen LogP contribution is -2.21. The number of nitrogens with one attached hydrogen (secondary N) is 1. The fraction of sp³-hybridized carbons (Fsp3) is 0.294. The van der Waals surface area contributed by atoms with Gasteiger partial charge < -0.3 is 10.1 Å². The maximum absolute atomic E-state index is 5.25. The van der Waals surface area contributed by atoms with Gasteiger partial charge in [-0.1, -0.05) is 43.3 Å². The van der Waals surface area contributed by atoms with Crippen LogP contribution in [-0.4, -0.2) is 13.2 Å². The van der Waals surface area contributed by atoms with E-state index in [-0.39, 0.29) is 0 Å². The number of hydrogen-bond donors (Lipinski definition) is 1. The molecule has 1 atom stereocenters. The van der Waals surface area contributed by atoms with E-state index in [1.807, 2.05) is 18.2 Å². The Balaban J connectivity index is 2.02. The summed E-state index contributed by atoms with van der Waals surface area (Å²) in [4.78, 5) is 0. The van der Waals surface area contributed by atoms with Gasteiger partial charge >= 0.3 is 0 Å². The Hall–Kier alpha value is -1.96. The van der Waals surface area contributed by atoms with Crippen LogP contribution in [0.3, 0.4) is 0 Å². The quantitative estimate of drug-likeness (QED) is 0.838. The normalized spacial score (nSPS) is 11.9. The Bertz CT molecular complexity index is 496. The average Bonchev–Trinajstić information content (AvgIpc) is 2.48. The van der Waals surface area contributed by atoms with Crippen LogP contribution in [0.25, 0.3) is 0 Å². The molecule has 2 rings (SSSR count). The minimum Gasteiger partial charge on any atom is -0.497 e. The zero-order chi connectivity index (χ0) is 13.5. The molecule has 0 amide bonds. The number of rotatable bonds is 6. The Morgan fingerprint density at radius 2 is 1.84 bits per heavy atom. The van der Waals surface area contributed by atoms with Crippen molar-refractivity contribution in [2.45, 2.75) is 25.8 Å². The maximum atomic E-state index is 5.25. The van der Waals surface area contributed by atoms with Gasteiger partial charge in [0.05, 0.1) is 7.11 Å². The Morgan fingerprint density at radius 1 is 1.05 bits per heavy atom. The van der Waals surface area contributed by atoms with Crippen LogP contribution in [0.2, 0.25) is 0 Å². The summed E-state index contributed by atoms with van der Waals surface area (Å²) in [5.41, 5.74) is 2.48. The number of ether oxygens (including phenoxy) is 1. The minimum absolute atomic E-state index is 0.439. The topological polar surface area (TPSA) is 21.3 Å². The van der Waals surface area contributed by atoms with Gasteiger partial charge in [0.25, 0.3) is 0 Å². The molecule has 0 bridgehead atoms. The SMILES string of the molecule is CCC(Cc1ccccc1)Nc1cccc(OC)c1. The maximum Gasteiger partial charge on any atom is 0.120 e. The number of benzene rings is 2. The van der Waals surface area contributed by atoms with E-state index in [0.29, 0.717) is 6.04 Å². The molecule has 0 radical (unpaired) electrons. The molecule has 0 spiro atoms. The fourth-order valence-corrected chi connectivity index (χ4v) is 2.14. The molecular weight excluding hydrogens is 234 g/mol. The van der Waals surface area contributed by atoms with Crippen molar-refractivity contribution in [3.05, 3.63) is 60.2 Å². The molecule has 2 heteroatoms. The van der Waals surface area contributed by atoms with Gasteiger partial charge in [-0.3, -0.25) is 0 Å². The first-order valence-electron chi connectivity index (χ1n) is 6.76. The van der Waals surface area contributed by atoms with Crippen molar-refractivity contribution in [3.63, 3.8) is 0 Å². The second-order valence-corrected chi connectivity index (χ2v) is 4.67. The zero-order valence-corrected chi connectivity index (χ0v) is 11.6. The largest absolute Gasteiger partial charge is 0.497 e. The van der Waals surface area contributed by atoms with Crippen LogP contribution < -0.4 is 10.1 Å². The summed E-state index contributed by atoms with van der Waals surface area (Å²) >= 11 is 0. The van der Waals surface area contributed by atoms with Crippen LogP contribution in [0, 0.1) is 0 Å². The predicted octanol–water partition coefficient (Wildman–Crippen LogP) is 4.13. The summed E-state index contributed by atoms with van der Waals surface area (Å²) in [5.74, 6) is 0.888. The van der Waals surface area contributed by atoms with Gasteiger partial charge in [0.2, 0.25) is 0 Å². The van der Waals surface area contributed by atoms with Crippen molar-refractivity contribution < 1.29 is 4.74 Å². The van der Waals surface area contributed by atoms with Gasteiger partial charge in [-0.05, 0) is 30.5 Å². The van der Waals surface area contributed by atoms with Gasteiger partial charge in [0, 0.05) is 17.8 Å². The van der Waals surface area contributed by atoms with Crippen molar-refractivity contribution in [1.29, 1.82) is 0 Å². The number of anilines is 1. The van der Waals surface area contributed by atoms with Crippen LogP contribution in [-0.2, 0) is 6.42 Å². The van der Waals surface area contributed by atoms with Crippen molar-refractivity contribution >= 4 is 5.69 Å². The highest BCUT2D eigenvalue weighted by Gasteiger charge is 2.07. The van der Waals surface area contributed by atoms with E-state index in [4.69, 9.17) is 4.74 Å². The zero-order valence-electron chi connectivity index (χ0n) is 11.6. The third kappa shape index (κ3) is 4.02. The third-order valence-electron chi connectivity index (χ3n) is 3.26. The lowest BCUT2D eigenvalue weighted by Gasteiger charge is -2.19. The monoisotopic (exact) mass is 255 g/mol. The molecule has 0 aromatic heterocycles. The van der Waals surface area contributed by atoms with Crippen LogP contribution in [0.5, 0.6) is 5.75 Å². The van der Waals surface area contributed by atoms with E-state index in [2.05, 4.69) is 48.6 Å². The summed E-state index contributed by atoms with van der Waals surface area (Å²) < 4.78 is 5.25. The van der Waals surface area contributed by atoms with Gasteiger partial charge in [-0.15, -0.1) is 0 Å². The van der Waals surface area contributed by atoms with Gasteiger partial charge in [0.1, 0.15) is 5.75 Å². The van der Waals surface area contributed by atoms with Crippen molar-refractivity contribution in [3.8, 4) is 5.75 Å². The second kappa shape index (κ2) is 6.83. The number of hydrogen-bond acceptors (Lipinski definition) is 2. The Kier molecular flexibility index (Phi) is 4.85. The van der Waals surface area contributed by atoms with Crippen LogP contribution in [0.4, 0.5) is 5.69 Å². The molecule has 0 aliphatic carbocycles. The van der Waals surface area contributed by atoms with E-state index in [1.165, 1.54) is 5.56 Å². The fourth-order valence-electron chi connectivity index (χ4n) is 2.14. The van der Waals surface area contributed by atoms with Crippen molar-refractivity contribution in [2.24, 2.45) is 0 Å². The summed E-state index contributed by atoms with van der Waals surface area (Å²) in [6.07, 6.45) is 2.13. The van der Waals surface area contributed by atoms with E-state index in [9.17, 15) is 0 Å². The smallest absolute Gasteiger partial charge is 0.120 e. The first-order chi connectivity index (χ1) is 9.31. The van der Waals surface area contributed by atoms with Crippen LogP contribution in [0.1, 0.15) is 18.9 Å². The van der Waals surface area contributed by atoms with E-state index in [1.54, 1.807) is 7.11 Å². The molecule has 19 heavy (non-hydrogen) atoms. The first-order valence-corrected chi connectivity index (χ1v) is 6.76. The Morgan fingerprint density at radius 3 is 2.53 bits per heavy atom. The molecule has 1 unspecified atom stereocenters. The molecule has 2 nitrogen and oxygen atoms in total. The standard InChI is InChI=1S/C17H21NO/c1-3-15(12-14-8-5-4-6-9-14)18-16-10-7-11-17(13-16)19-2/h4-11,13,15,18H,3,12H2,1-2H3. The molecule has 1 N–H and O–H groups in total. The summed E-state index contributed by atoms with van der Waals surface area (Å²) in [5, 5.41) is 3.57. The van der Waals surface area contributed by atoms with Crippen molar-refractivity contribution in [2.75, 3.05) is 12.4 Å². The van der Waals surface area contributed by atoms with Gasteiger partial charge in [-0.25, -0.2) is 0 Å². The molecule has 100 valence electrons. The molecular formula is C17H21NO.